The Labute approximate surface area is 160 Å². The third kappa shape index (κ3) is 3.57. The molecule has 7 nitrogen and oxygen atoms in total. The van der Waals surface area contributed by atoms with E-state index in [2.05, 4.69) is 21.5 Å². The standard InChI is InChI=1S/C19H21N5O2S/c1-12-5-3-6-14(9-12)11-20-17(26)15-7-4-8-23(15)19-22-24-16(25)10-13(2)21-18(24)27-19/h3,5-6,9-10,15H,4,7-8,11H2,1-2H3,(H,20,26)/t15-/m1/s1. The Kier molecular flexibility index (Phi) is 4.65. The third-order valence-corrected chi connectivity index (χ3v) is 5.66. The number of nitrogens with one attached hydrogen (secondary N) is 1. The highest BCUT2D eigenvalue weighted by molar-refractivity contribution is 7.20. The van der Waals surface area contributed by atoms with Crippen LogP contribution >= 0.6 is 11.3 Å². The molecule has 2 aromatic heterocycles. The van der Waals surface area contributed by atoms with Crippen LogP contribution in [0.15, 0.2) is 35.1 Å². The van der Waals surface area contributed by atoms with Crippen LogP contribution in [-0.2, 0) is 11.3 Å². The van der Waals surface area contributed by atoms with E-state index in [4.69, 9.17) is 0 Å². The number of carbonyl (C=O) groups excluding carboxylic acids is 1. The largest absolute Gasteiger partial charge is 0.350 e. The summed E-state index contributed by atoms with van der Waals surface area (Å²) in [5, 5.41) is 8.10. The van der Waals surface area contributed by atoms with Gasteiger partial charge in [-0.3, -0.25) is 9.59 Å². The van der Waals surface area contributed by atoms with Crippen molar-refractivity contribution >= 4 is 27.3 Å². The van der Waals surface area contributed by atoms with E-state index in [0.717, 1.165) is 24.9 Å². The number of anilines is 1. The van der Waals surface area contributed by atoms with Gasteiger partial charge in [0.1, 0.15) is 6.04 Å². The van der Waals surface area contributed by atoms with Crippen LogP contribution in [0, 0.1) is 13.8 Å². The molecule has 1 amide bonds. The van der Waals surface area contributed by atoms with Gasteiger partial charge in [-0.05, 0) is 32.3 Å². The van der Waals surface area contributed by atoms with Gasteiger partial charge in [0.2, 0.25) is 16.0 Å². The first-order valence-electron chi connectivity index (χ1n) is 8.99. The zero-order valence-corrected chi connectivity index (χ0v) is 16.1. The Morgan fingerprint density at radius 3 is 3.00 bits per heavy atom. The van der Waals surface area contributed by atoms with Crippen LogP contribution in [0.25, 0.3) is 4.96 Å². The van der Waals surface area contributed by atoms with Crippen LogP contribution in [0.3, 0.4) is 0 Å². The highest BCUT2D eigenvalue weighted by Gasteiger charge is 2.33. The van der Waals surface area contributed by atoms with Gasteiger partial charge < -0.3 is 10.2 Å². The number of hydrogen-bond acceptors (Lipinski definition) is 6. The Morgan fingerprint density at radius 2 is 2.19 bits per heavy atom. The first-order valence-corrected chi connectivity index (χ1v) is 9.80. The normalized spacial score (nSPS) is 16.8. The maximum Gasteiger partial charge on any atom is 0.275 e. The summed E-state index contributed by atoms with van der Waals surface area (Å²) in [6.07, 6.45) is 1.69. The fourth-order valence-electron chi connectivity index (χ4n) is 3.42. The molecule has 0 saturated carbocycles. The lowest BCUT2D eigenvalue weighted by Gasteiger charge is -2.22. The number of fused-ring (bicyclic) bond motifs is 1. The van der Waals surface area contributed by atoms with Gasteiger partial charge in [-0.2, -0.15) is 4.52 Å². The topological polar surface area (TPSA) is 79.6 Å². The highest BCUT2D eigenvalue weighted by atomic mass is 32.1. The maximum atomic E-state index is 12.8. The average Bonchev–Trinajstić information content (AvgIpc) is 3.26. The number of amides is 1. The minimum Gasteiger partial charge on any atom is -0.350 e. The second-order valence-electron chi connectivity index (χ2n) is 6.87. The van der Waals surface area contributed by atoms with Crippen LogP contribution in [0.5, 0.6) is 0 Å². The van der Waals surface area contributed by atoms with E-state index in [1.807, 2.05) is 30.0 Å². The first kappa shape index (κ1) is 17.7. The second kappa shape index (κ2) is 7.11. The van der Waals surface area contributed by atoms with Crippen LogP contribution in [-0.4, -0.2) is 33.1 Å². The second-order valence-corrected chi connectivity index (χ2v) is 7.81. The molecular weight excluding hydrogens is 362 g/mol. The van der Waals surface area contributed by atoms with Crippen molar-refractivity contribution in [1.82, 2.24) is 19.9 Å². The van der Waals surface area contributed by atoms with E-state index >= 15 is 0 Å². The van der Waals surface area contributed by atoms with Gasteiger partial charge in [-0.25, -0.2) is 4.98 Å². The molecule has 1 aromatic carbocycles. The zero-order valence-electron chi connectivity index (χ0n) is 15.3. The Hall–Kier alpha value is -2.74. The molecule has 4 rings (SSSR count). The fraction of sp³-hybridized carbons (Fsp3) is 0.368. The van der Waals surface area contributed by atoms with E-state index in [9.17, 15) is 9.59 Å². The number of aromatic nitrogens is 3. The van der Waals surface area contributed by atoms with Crippen molar-refractivity contribution in [2.24, 2.45) is 0 Å². The van der Waals surface area contributed by atoms with E-state index in [1.54, 1.807) is 6.92 Å². The predicted octanol–water partition coefficient (Wildman–Crippen LogP) is 2.05. The van der Waals surface area contributed by atoms with Gasteiger partial charge in [0.05, 0.1) is 0 Å². The number of carbonyl (C=O) groups is 1. The summed E-state index contributed by atoms with van der Waals surface area (Å²) in [4.78, 5) is 31.8. The molecule has 0 radical (unpaired) electrons. The molecule has 0 spiro atoms. The molecule has 140 valence electrons. The van der Waals surface area contributed by atoms with Crippen molar-refractivity contribution in [3.63, 3.8) is 0 Å². The lowest BCUT2D eigenvalue weighted by Crippen LogP contribution is -2.43. The summed E-state index contributed by atoms with van der Waals surface area (Å²) in [5.41, 5.74) is 2.73. The minimum absolute atomic E-state index is 0.00949. The van der Waals surface area contributed by atoms with Crippen molar-refractivity contribution in [2.45, 2.75) is 39.3 Å². The van der Waals surface area contributed by atoms with Crippen molar-refractivity contribution in [1.29, 1.82) is 0 Å². The Bertz CT molecular complexity index is 1060. The molecule has 1 atom stereocenters. The smallest absolute Gasteiger partial charge is 0.275 e. The first-order chi connectivity index (χ1) is 13.0. The molecule has 1 fully saturated rings. The van der Waals surface area contributed by atoms with E-state index in [0.29, 0.717) is 22.3 Å². The van der Waals surface area contributed by atoms with E-state index in [1.165, 1.54) is 27.5 Å². The van der Waals surface area contributed by atoms with Crippen LogP contribution in [0.2, 0.25) is 0 Å². The van der Waals surface area contributed by atoms with Crippen LogP contribution in [0.4, 0.5) is 5.13 Å². The van der Waals surface area contributed by atoms with Crippen LogP contribution < -0.4 is 15.8 Å². The summed E-state index contributed by atoms with van der Waals surface area (Å²) < 4.78 is 1.31. The van der Waals surface area contributed by atoms with Crippen molar-refractivity contribution < 1.29 is 4.79 Å². The minimum atomic E-state index is -0.271. The molecule has 0 aliphatic carbocycles. The van der Waals surface area contributed by atoms with Crippen LogP contribution in [0.1, 0.15) is 29.7 Å². The molecule has 1 aliphatic heterocycles. The molecule has 8 heteroatoms. The molecular formula is C19H21N5O2S. The molecule has 1 aliphatic rings. The maximum absolute atomic E-state index is 12.8. The summed E-state index contributed by atoms with van der Waals surface area (Å²) in [6, 6.07) is 9.30. The number of aryl methyl sites for hydroxylation is 2. The molecule has 1 N–H and O–H groups in total. The van der Waals surface area contributed by atoms with E-state index in [-0.39, 0.29) is 17.5 Å². The monoisotopic (exact) mass is 383 g/mol. The number of benzene rings is 1. The fourth-order valence-corrected chi connectivity index (χ4v) is 4.45. The lowest BCUT2D eigenvalue weighted by molar-refractivity contribution is -0.122. The van der Waals surface area contributed by atoms with Gasteiger partial charge in [-0.15, -0.1) is 5.10 Å². The van der Waals surface area contributed by atoms with Gasteiger partial charge in [0.25, 0.3) is 5.56 Å². The quantitative estimate of drug-likeness (QED) is 0.746. The Balaban J connectivity index is 1.52. The van der Waals surface area contributed by atoms with Crippen molar-refractivity contribution in [3.8, 4) is 0 Å². The third-order valence-electron chi connectivity index (χ3n) is 4.71. The molecule has 3 heterocycles. The Morgan fingerprint density at radius 1 is 1.33 bits per heavy atom. The summed E-state index contributed by atoms with van der Waals surface area (Å²) in [6.45, 7) is 5.08. The molecule has 0 unspecified atom stereocenters. The molecule has 1 saturated heterocycles. The van der Waals surface area contributed by atoms with Gasteiger partial charge in [0, 0.05) is 24.8 Å². The molecule has 27 heavy (non-hydrogen) atoms. The average molecular weight is 383 g/mol. The van der Waals surface area contributed by atoms with Gasteiger partial charge in [0.15, 0.2) is 0 Å². The number of rotatable bonds is 4. The van der Waals surface area contributed by atoms with E-state index < -0.39 is 0 Å². The summed E-state index contributed by atoms with van der Waals surface area (Å²) >= 11 is 1.35. The zero-order chi connectivity index (χ0) is 19.0. The molecule has 0 bridgehead atoms. The SMILES string of the molecule is Cc1cccc(CNC(=O)[C@H]2CCCN2c2nn3c(=O)cc(C)nc3s2)c1. The number of nitrogens with zero attached hydrogens (tertiary/aromatic N) is 4. The van der Waals surface area contributed by atoms with Gasteiger partial charge in [-0.1, -0.05) is 41.2 Å². The number of hydrogen-bond donors (Lipinski definition) is 1. The van der Waals surface area contributed by atoms with Crippen molar-refractivity contribution in [3.05, 3.63) is 57.5 Å². The van der Waals surface area contributed by atoms with Gasteiger partial charge >= 0.3 is 0 Å². The van der Waals surface area contributed by atoms with Crippen molar-refractivity contribution in [2.75, 3.05) is 11.4 Å². The predicted molar refractivity (Wildman–Crippen MR) is 105 cm³/mol. The molecule has 3 aromatic rings. The summed E-state index contributed by atoms with van der Waals surface area (Å²) in [5.74, 6) is -0.00949. The highest BCUT2D eigenvalue weighted by Crippen LogP contribution is 2.29. The summed E-state index contributed by atoms with van der Waals surface area (Å²) in [7, 11) is 0. The lowest BCUT2D eigenvalue weighted by atomic mass is 10.1.